The molecule has 17 nitrogen and oxygen atoms in total. The van der Waals surface area contributed by atoms with Gasteiger partial charge >= 0.3 is 11.9 Å². The van der Waals surface area contributed by atoms with Crippen LogP contribution in [0, 0.1) is 5.92 Å². The van der Waals surface area contributed by atoms with Crippen LogP contribution in [0.1, 0.15) is 40.5 Å². The van der Waals surface area contributed by atoms with Crippen LogP contribution >= 0.6 is 22.7 Å². The molecule has 0 spiro atoms. The number of aliphatic carboxylic acids is 1. The van der Waals surface area contributed by atoms with Crippen LogP contribution in [0.15, 0.2) is 97.1 Å². The molecule has 0 amide bonds. The Morgan fingerprint density at radius 3 is 1.62 bits per heavy atom. The first kappa shape index (κ1) is 41.5. The normalized spacial score (nSPS) is 12.4. The molecule has 4 heterocycles. The van der Waals surface area contributed by atoms with E-state index in [9.17, 15) is 9.59 Å². The minimum Gasteiger partial charge on any atom is -0.481 e. The fraction of sp³-hybridized carbons (Fsp3) is 0.268. The fourth-order valence-corrected chi connectivity index (χ4v) is 7.39. The molecule has 0 unspecified atom stereocenters. The first-order chi connectivity index (χ1) is 28.8. The molecule has 60 heavy (non-hydrogen) atoms. The predicted molar refractivity (Wildman–Crippen MR) is 226 cm³/mol. The number of carbonyl (C=O) groups is 2. The van der Waals surface area contributed by atoms with Crippen molar-refractivity contribution in [1.29, 1.82) is 0 Å². The smallest absolute Gasteiger partial charge is 0.306 e. The number of ether oxygens (including phenoxy) is 3. The molecule has 0 aliphatic heterocycles. The summed E-state index contributed by atoms with van der Waals surface area (Å²) in [6.45, 7) is 8.19. The molecule has 4 aromatic heterocycles. The molecular weight excluding hydrogens is 807 g/mol. The van der Waals surface area contributed by atoms with E-state index in [4.69, 9.17) is 25.1 Å². The van der Waals surface area contributed by atoms with E-state index in [1.165, 1.54) is 32.3 Å². The van der Waals surface area contributed by atoms with Crippen molar-refractivity contribution in [3.8, 4) is 44.7 Å². The van der Waals surface area contributed by atoms with E-state index in [1.54, 1.807) is 12.1 Å². The summed E-state index contributed by atoms with van der Waals surface area (Å²) in [4.78, 5) is 34.4. The Kier molecular flexibility index (Phi) is 12.8. The Labute approximate surface area is 351 Å². The summed E-state index contributed by atoms with van der Waals surface area (Å²) >= 11 is 2.99. The molecule has 19 heteroatoms. The van der Waals surface area contributed by atoms with Crippen molar-refractivity contribution in [2.24, 2.45) is 11.7 Å². The standard InChI is InChI=1S/C23H25N5O3S.C18H16N6O3S/c1-15(13-20(29)31-23(2,3)4)14-28-26-21(25-27-28)16-9-11-17(12-10-16)30-22-24-18-7-5-6-8-19(18)32-22;19-12(9-16(25)26)10-24-22-17(21-23-24)11-5-7-13(8-6-11)27-18-20-14-3-1-2-4-15(14)28-18/h5-12,15H,13-14H2,1-4H3;1-8,12H,9-10,19H2,(H,25,26)/t15-;12-/m11/s1. The molecule has 0 bridgehead atoms. The molecule has 308 valence electrons. The number of carbonyl (C=O) groups excluding carboxylic acids is 1. The van der Waals surface area contributed by atoms with Gasteiger partial charge in [-0.05, 0) is 110 Å². The van der Waals surface area contributed by atoms with Gasteiger partial charge in [0, 0.05) is 23.6 Å². The Hall–Kier alpha value is -6.70. The predicted octanol–water partition coefficient (Wildman–Crippen LogP) is 7.65. The molecule has 8 rings (SSSR count). The number of nitrogens with zero attached hydrogens (tertiary/aromatic N) is 10. The third kappa shape index (κ3) is 11.5. The Balaban J connectivity index is 0.000000183. The van der Waals surface area contributed by atoms with E-state index in [2.05, 4.69) is 40.8 Å². The summed E-state index contributed by atoms with van der Waals surface area (Å²) in [6.07, 6.45) is 0.140. The number of thiazole rings is 2. The van der Waals surface area contributed by atoms with Crippen molar-refractivity contribution < 1.29 is 28.9 Å². The van der Waals surface area contributed by atoms with E-state index >= 15 is 0 Å². The van der Waals surface area contributed by atoms with E-state index in [0.717, 1.165) is 31.6 Å². The number of aromatic nitrogens is 10. The molecule has 2 atom stereocenters. The average molecular weight is 848 g/mol. The van der Waals surface area contributed by atoms with Gasteiger partial charge in [-0.25, -0.2) is 9.97 Å². The molecule has 0 radical (unpaired) electrons. The van der Waals surface area contributed by atoms with Crippen molar-refractivity contribution in [1.82, 2.24) is 50.4 Å². The molecule has 0 aliphatic carbocycles. The second-order valence-corrected chi connectivity index (χ2v) is 16.7. The number of tetrazole rings is 2. The number of hydrogen-bond donors (Lipinski definition) is 2. The van der Waals surface area contributed by atoms with Crippen molar-refractivity contribution in [3.63, 3.8) is 0 Å². The maximum atomic E-state index is 12.0. The van der Waals surface area contributed by atoms with Gasteiger partial charge in [0.05, 0.1) is 39.9 Å². The Morgan fingerprint density at radius 1 is 0.700 bits per heavy atom. The van der Waals surface area contributed by atoms with E-state index in [-0.39, 0.29) is 24.9 Å². The topological polar surface area (TPSA) is 221 Å². The molecule has 4 aromatic carbocycles. The summed E-state index contributed by atoms with van der Waals surface area (Å²) in [5.74, 6) is 1.11. The largest absolute Gasteiger partial charge is 0.481 e. The lowest BCUT2D eigenvalue weighted by Gasteiger charge is -2.20. The minimum absolute atomic E-state index is 0.0245. The highest BCUT2D eigenvalue weighted by Gasteiger charge is 2.20. The average Bonchev–Trinajstić information content (AvgIpc) is 4.01. The molecule has 3 N–H and O–H groups in total. The third-order valence-electron chi connectivity index (χ3n) is 8.33. The zero-order chi connectivity index (χ0) is 42.2. The number of carboxylic acids is 1. The van der Waals surface area contributed by atoms with Gasteiger partial charge in [-0.2, -0.15) is 9.59 Å². The van der Waals surface area contributed by atoms with Gasteiger partial charge in [0.15, 0.2) is 0 Å². The molecule has 0 fully saturated rings. The number of esters is 1. The van der Waals surface area contributed by atoms with Crippen molar-refractivity contribution in [2.75, 3.05) is 0 Å². The summed E-state index contributed by atoms with van der Waals surface area (Å²) in [7, 11) is 0. The zero-order valence-corrected chi connectivity index (χ0v) is 34.7. The first-order valence-corrected chi connectivity index (χ1v) is 20.5. The van der Waals surface area contributed by atoms with Crippen LogP contribution < -0.4 is 15.2 Å². The maximum absolute atomic E-state index is 12.0. The number of carboxylic acid groups (broad SMARTS) is 1. The third-order valence-corrected chi connectivity index (χ3v) is 10.2. The number of para-hydroxylation sites is 2. The van der Waals surface area contributed by atoms with Gasteiger partial charge in [0.25, 0.3) is 10.4 Å². The summed E-state index contributed by atoms with van der Waals surface area (Å²) in [6, 6.07) is 29.9. The van der Waals surface area contributed by atoms with Crippen LogP contribution in [0.4, 0.5) is 0 Å². The van der Waals surface area contributed by atoms with Crippen molar-refractivity contribution in [2.45, 2.75) is 65.3 Å². The van der Waals surface area contributed by atoms with E-state index in [0.29, 0.717) is 46.5 Å². The SMILES string of the molecule is C[C@H](CC(=O)OC(C)(C)C)Cn1nnc(-c2ccc(Oc3nc4ccccc4s3)cc2)n1.N[C@H](CC(=O)O)Cn1nnc(-c2ccc(Oc3nc4ccccc4s3)cc2)n1. The van der Waals surface area contributed by atoms with Crippen LogP contribution in [-0.2, 0) is 27.4 Å². The number of benzene rings is 4. The lowest BCUT2D eigenvalue weighted by atomic mass is 10.1. The van der Waals surface area contributed by atoms with Crippen molar-refractivity contribution >= 4 is 55.0 Å². The van der Waals surface area contributed by atoms with Crippen LogP contribution in [0.25, 0.3) is 43.2 Å². The summed E-state index contributed by atoms with van der Waals surface area (Å²) in [5.41, 5.74) is 8.67. The van der Waals surface area contributed by atoms with Crippen LogP contribution in [0.5, 0.6) is 21.9 Å². The van der Waals surface area contributed by atoms with Crippen LogP contribution in [0.3, 0.4) is 0 Å². The van der Waals surface area contributed by atoms with Gasteiger partial charge in [0.2, 0.25) is 11.6 Å². The van der Waals surface area contributed by atoms with Gasteiger partial charge in [-0.1, -0.05) is 53.9 Å². The lowest BCUT2D eigenvalue weighted by Crippen LogP contribution is -2.30. The number of rotatable bonds is 14. The Bertz CT molecular complexity index is 2620. The monoisotopic (exact) mass is 847 g/mol. The minimum atomic E-state index is -0.962. The van der Waals surface area contributed by atoms with Crippen LogP contribution in [-0.4, -0.2) is 79.1 Å². The molecule has 0 saturated carbocycles. The molecule has 0 saturated heterocycles. The summed E-state index contributed by atoms with van der Waals surface area (Å²) < 4.78 is 19.2. The second kappa shape index (κ2) is 18.5. The second-order valence-electron chi connectivity index (χ2n) is 14.7. The first-order valence-electron chi connectivity index (χ1n) is 18.8. The van der Waals surface area contributed by atoms with Crippen LogP contribution in [0.2, 0.25) is 0 Å². The highest BCUT2D eigenvalue weighted by atomic mass is 32.1. The molecular formula is C41H41N11O6S2. The van der Waals surface area contributed by atoms with E-state index in [1.807, 2.05) is 113 Å². The molecule has 8 aromatic rings. The summed E-state index contributed by atoms with van der Waals surface area (Å²) in [5, 5.41) is 34.8. The van der Waals surface area contributed by atoms with E-state index < -0.39 is 17.6 Å². The quantitative estimate of drug-likeness (QED) is 0.100. The van der Waals surface area contributed by atoms with Gasteiger partial charge in [-0.15, -0.1) is 20.4 Å². The highest BCUT2D eigenvalue weighted by molar-refractivity contribution is 7.20. The number of fused-ring (bicyclic) bond motifs is 2. The number of nitrogens with two attached hydrogens (primary N) is 1. The zero-order valence-electron chi connectivity index (χ0n) is 33.1. The Morgan fingerprint density at radius 2 is 1.17 bits per heavy atom. The van der Waals surface area contributed by atoms with Gasteiger partial charge in [0.1, 0.15) is 17.1 Å². The van der Waals surface area contributed by atoms with Crippen molar-refractivity contribution in [3.05, 3.63) is 97.1 Å². The number of hydrogen-bond acceptors (Lipinski definition) is 16. The van der Waals surface area contributed by atoms with Gasteiger partial charge < -0.3 is 25.1 Å². The maximum Gasteiger partial charge on any atom is 0.306 e. The lowest BCUT2D eigenvalue weighted by molar-refractivity contribution is -0.156. The fourth-order valence-electron chi connectivity index (χ4n) is 5.72. The van der Waals surface area contributed by atoms with Gasteiger partial charge in [-0.3, -0.25) is 9.59 Å². The molecule has 0 aliphatic rings. The highest BCUT2D eigenvalue weighted by Crippen LogP contribution is 2.33.